The van der Waals surface area contributed by atoms with Crippen LogP contribution < -0.4 is 5.32 Å². The largest absolute Gasteiger partial charge is 0.378 e. The molecule has 2 rings (SSSR count). The Labute approximate surface area is 104 Å². The van der Waals surface area contributed by atoms with Gasteiger partial charge in [0, 0.05) is 19.0 Å². The van der Waals surface area contributed by atoms with Gasteiger partial charge in [0.05, 0.1) is 6.10 Å². The standard InChI is InChI=1S/C14H22N2O/c1-2-12-17-14(3-1)7-11-16-10-6-13-4-8-15-9-5-13/h4-5,8-9,14,16H,1-3,6-7,10-12H2. The Hall–Kier alpha value is -0.930. The van der Waals surface area contributed by atoms with E-state index in [2.05, 4.69) is 22.4 Å². The molecule has 1 aliphatic heterocycles. The molecule has 1 aliphatic rings. The van der Waals surface area contributed by atoms with Crippen LogP contribution in [-0.4, -0.2) is 30.8 Å². The third-order valence-electron chi connectivity index (χ3n) is 3.26. The van der Waals surface area contributed by atoms with Crippen molar-refractivity contribution in [2.45, 2.75) is 38.2 Å². The molecule has 0 bridgehead atoms. The zero-order valence-corrected chi connectivity index (χ0v) is 10.4. The number of hydrogen-bond acceptors (Lipinski definition) is 3. The first-order valence-electron chi connectivity index (χ1n) is 6.66. The zero-order valence-electron chi connectivity index (χ0n) is 10.4. The van der Waals surface area contributed by atoms with Gasteiger partial charge in [0.1, 0.15) is 0 Å². The van der Waals surface area contributed by atoms with Crippen LogP contribution in [0.3, 0.4) is 0 Å². The van der Waals surface area contributed by atoms with Crippen LogP contribution in [0.4, 0.5) is 0 Å². The summed E-state index contributed by atoms with van der Waals surface area (Å²) in [6, 6.07) is 4.15. The van der Waals surface area contributed by atoms with Crippen LogP contribution >= 0.6 is 0 Å². The summed E-state index contributed by atoms with van der Waals surface area (Å²) in [4.78, 5) is 4.01. The van der Waals surface area contributed by atoms with E-state index < -0.39 is 0 Å². The van der Waals surface area contributed by atoms with Crippen LogP contribution in [0.15, 0.2) is 24.5 Å². The predicted octanol–water partition coefficient (Wildman–Crippen LogP) is 2.17. The third kappa shape index (κ3) is 4.84. The second kappa shape index (κ2) is 7.41. The number of ether oxygens (including phenoxy) is 1. The fourth-order valence-corrected chi connectivity index (χ4v) is 2.21. The molecule has 1 aromatic rings. The second-order valence-corrected chi connectivity index (χ2v) is 4.63. The summed E-state index contributed by atoms with van der Waals surface area (Å²) in [6.07, 6.45) is 10.2. The Morgan fingerprint density at radius 1 is 1.24 bits per heavy atom. The molecule has 3 nitrogen and oxygen atoms in total. The van der Waals surface area contributed by atoms with Crippen molar-refractivity contribution in [2.75, 3.05) is 19.7 Å². The van der Waals surface area contributed by atoms with Gasteiger partial charge in [-0.05, 0) is 62.9 Å². The molecule has 1 N–H and O–H groups in total. The van der Waals surface area contributed by atoms with Crippen LogP contribution in [0, 0.1) is 0 Å². The van der Waals surface area contributed by atoms with E-state index in [-0.39, 0.29) is 0 Å². The van der Waals surface area contributed by atoms with Crippen molar-refractivity contribution in [3.05, 3.63) is 30.1 Å². The molecule has 0 saturated carbocycles. The Morgan fingerprint density at radius 2 is 2.12 bits per heavy atom. The first kappa shape index (κ1) is 12.5. The predicted molar refractivity (Wildman–Crippen MR) is 69.0 cm³/mol. The molecule has 0 amide bonds. The van der Waals surface area contributed by atoms with Crippen molar-refractivity contribution in [3.8, 4) is 0 Å². The van der Waals surface area contributed by atoms with Gasteiger partial charge in [0.15, 0.2) is 0 Å². The van der Waals surface area contributed by atoms with Gasteiger partial charge in [-0.3, -0.25) is 4.98 Å². The smallest absolute Gasteiger partial charge is 0.0587 e. The highest BCUT2D eigenvalue weighted by Crippen LogP contribution is 2.14. The van der Waals surface area contributed by atoms with Crippen molar-refractivity contribution in [2.24, 2.45) is 0 Å². The number of pyridine rings is 1. The van der Waals surface area contributed by atoms with Crippen molar-refractivity contribution in [1.82, 2.24) is 10.3 Å². The van der Waals surface area contributed by atoms with Gasteiger partial charge in [0.25, 0.3) is 0 Å². The van der Waals surface area contributed by atoms with Crippen LogP contribution in [-0.2, 0) is 11.2 Å². The fraction of sp³-hybridized carbons (Fsp3) is 0.643. The minimum absolute atomic E-state index is 0.497. The molecule has 0 aliphatic carbocycles. The van der Waals surface area contributed by atoms with E-state index in [1.807, 2.05) is 12.4 Å². The maximum absolute atomic E-state index is 5.69. The normalized spacial score (nSPS) is 20.4. The lowest BCUT2D eigenvalue weighted by Crippen LogP contribution is -2.26. The van der Waals surface area contributed by atoms with E-state index in [0.717, 1.165) is 32.5 Å². The fourth-order valence-electron chi connectivity index (χ4n) is 2.21. The lowest BCUT2D eigenvalue weighted by atomic mass is 10.1. The van der Waals surface area contributed by atoms with Gasteiger partial charge in [-0.2, -0.15) is 0 Å². The molecule has 0 aromatic carbocycles. The summed E-state index contributed by atoms with van der Waals surface area (Å²) >= 11 is 0. The summed E-state index contributed by atoms with van der Waals surface area (Å²) in [5.41, 5.74) is 1.35. The second-order valence-electron chi connectivity index (χ2n) is 4.63. The molecular formula is C14H22N2O. The van der Waals surface area contributed by atoms with Crippen molar-refractivity contribution in [3.63, 3.8) is 0 Å². The lowest BCUT2D eigenvalue weighted by molar-refractivity contribution is 0.0116. The van der Waals surface area contributed by atoms with Crippen LogP contribution in [0.25, 0.3) is 0 Å². The number of hydrogen-bond donors (Lipinski definition) is 1. The quantitative estimate of drug-likeness (QED) is 0.766. The summed E-state index contributed by atoms with van der Waals surface area (Å²) in [7, 11) is 0. The topological polar surface area (TPSA) is 34.1 Å². The Kier molecular flexibility index (Phi) is 5.46. The van der Waals surface area contributed by atoms with Gasteiger partial charge in [0.2, 0.25) is 0 Å². The monoisotopic (exact) mass is 234 g/mol. The van der Waals surface area contributed by atoms with Gasteiger partial charge in [-0.15, -0.1) is 0 Å². The average molecular weight is 234 g/mol. The first-order chi connectivity index (χ1) is 8.45. The van der Waals surface area contributed by atoms with E-state index in [0.29, 0.717) is 6.10 Å². The van der Waals surface area contributed by atoms with E-state index in [4.69, 9.17) is 4.74 Å². The molecule has 1 fully saturated rings. The number of aromatic nitrogens is 1. The van der Waals surface area contributed by atoms with E-state index in [1.165, 1.54) is 24.8 Å². The zero-order chi connectivity index (χ0) is 11.8. The maximum atomic E-state index is 5.69. The van der Waals surface area contributed by atoms with Crippen molar-refractivity contribution in [1.29, 1.82) is 0 Å². The van der Waals surface area contributed by atoms with Crippen LogP contribution in [0.1, 0.15) is 31.2 Å². The summed E-state index contributed by atoms with van der Waals surface area (Å²) < 4.78 is 5.69. The molecular weight excluding hydrogens is 212 g/mol. The third-order valence-corrected chi connectivity index (χ3v) is 3.26. The summed E-state index contributed by atoms with van der Waals surface area (Å²) in [5.74, 6) is 0. The Morgan fingerprint density at radius 3 is 2.88 bits per heavy atom. The minimum atomic E-state index is 0.497. The minimum Gasteiger partial charge on any atom is -0.378 e. The molecule has 17 heavy (non-hydrogen) atoms. The molecule has 2 heterocycles. The van der Waals surface area contributed by atoms with Crippen LogP contribution in [0.5, 0.6) is 0 Å². The lowest BCUT2D eigenvalue weighted by Gasteiger charge is -2.22. The SMILES string of the molecule is c1cc(CCNCCC2CCCCO2)ccn1. The van der Waals surface area contributed by atoms with Crippen molar-refractivity contribution >= 4 is 0 Å². The first-order valence-corrected chi connectivity index (χ1v) is 6.66. The summed E-state index contributed by atoms with van der Waals surface area (Å²) in [5, 5.41) is 3.48. The van der Waals surface area contributed by atoms with Gasteiger partial charge in [-0.1, -0.05) is 0 Å². The highest BCUT2D eigenvalue weighted by Gasteiger charge is 2.12. The molecule has 1 atom stereocenters. The summed E-state index contributed by atoms with van der Waals surface area (Å²) in [6.45, 7) is 3.06. The van der Waals surface area contributed by atoms with Gasteiger partial charge < -0.3 is 10.1 Å². The molecule has 1 saturated heterocycles. The number of nitrogens with zero attached hydrogens (tertiary/aromatic N) is 1. The van der Waals surface area contributed by atoms with Crippen LogP contribution in [0.2, 0.25) is 0 Å². The highest BCUT2D eigenvalue weighted by molar-refractivity contribution is 5.09. The molecule has 1 unspecified atom stereocenters. The molecule has 0 radical (unpaired) electrons. The number of rotatable bonds is 6. The number of nitrogens with one attached hydrogen (secondary N) is 1. The Balaban J connectivity index is 1.51. The molecule has 0 spiro atoms. The Bertz CT molecular complexity index is 296. The van der Waals surface area contributed by atoms with E-state index in [1.54, 1.807) is 0 Å². The molecule has 3 heteroatoms. The average Bonchev–Trinajstić information content (AvgIpc) is 2.41. The van der Waals surface area contributed by atoms with Gasteiger partial charge in [-0.25, -0.2) is 0 Å². The van der Waals surface area contributed by atoms with E-state index in [9.17, 15) is 0 Å². The highest BCUT2D eigenvalue weighted by atomic mass is 16.5. The van der Waals surface area contributed by atoms with Gasteiger partial charge >= 0.3 is 0 Å². The maximum Gasteiger partial charge on any atom is 0.0587 e. The molecule has 94 valence electrons. The molecule has 1 aromatic heterocycles. The van der Waals surface area contributed by atoms with Crippen molar-refractivity contribution < 1.29 is 4.74 Å². The van der Waals surface area contributed by atoms with E-state index >= 15 is 0 Å².